The van der Waals surface area contributed by atoms with E-state index in [9.17, 15) is 14.4 Å². The molecule has 2 rings (SSSR count). The number of rotatable bonds is 7. The number of nitrogens with one attached hydrogen (secondary N) is 1. The second kappa shape index (κ2) is 9.01. The van der Waals surface area contributed by atoms with Crippen LogP contribution in [0.4, 0.5) is 0 Å². The number of esters is 1. The lowest BCUT2D eigenvalue weighted by Gasteiger charge is -2.11. The molecule has 0 saturated heterocycles. The normalized spacial score (nSPS) is 12.1. The number of aromatic nitrogens is 1. The average molecular weight is 448 g/mol. The van der Waals surface area contributed by atoms with Crippen LogP contribution in [-0.4, -0.2) is 35.7 Å². The van der Waals surface area contributed by atoms with Gasteiger partial charge >= 0.3 is 5.97 Å². The molecule has 1 atom stereocenters. The minimum atomic E-state index is -1.00. The first kappa shape index (κ1) is 21.6. The number of halogens is 1. The van der Waals surface area contributed by atoms with E-state index in [0.29, 0.717) is 28.1 Å². The van der Waals surface area contributed by atoms with Crippen molar-refractivity contribution in [1.29, 1.82) is 0 Å². The lowest BCUT2D eigenvalue weighted by molar-refractivity contribution is -0.140. The minimum Gasteiger partial charge on any atom is -0.496 e. The van der Waals surface area contributed by atoms with E-state index >= 15 is 0 Å². The van der Waals surface area contributed by atoms with Crippen LogP contribution in [-0.2, 0) is 9.53 Å². The summed E-state index contributed by atoms with van der Waals surface area (Å²) < 4.78 is 11.3. The number of hydrogen-bond acceptors (Lipinski definition) is 5. The number of H-pyrrole nitrogens is 1. The van der Waals surface area contributed by atoms with E-state index in [2.05, 4.69) is 20.9 Å². The maximum atomic E-state index is 12.6. The van der Waals surface area contributed by atoms with Gasteiger partial charge in [0.25, 0.3) is 0 Å². The van der Waals surface area contributed by atoms with Gasteiger partial charge in [-0.05, 0) is 57.5 Å². The zero-order valence-corrected chi connectivity index (χ0v) is 18.0. The smallest absolute Gasteiger partial charge is 0.331 e. The predicted molar refractivity (Wildman–Crippen MR) is 110 cm³/mol. The zero-order chi connectivity index (χ0) is 21.0. The summed E-state index contributed by atoms with van der Waals surface area (Å²) in [5.74, 6) is -0.572. The molecule has 0 radical (unpaired) electrons. The molecular weight excluding hydrogens is 426 g/mol. The van der Waals surface area contributed by atoms with Crippen LogP contribution in [0.25, 0.3) is 6.08 Å². The third-order valence-corrected chi connectivity index (χ3v) is 4.78. The highest BCUT2D eigenvalue weighted by atomic mass is 79.9. The number of aromatic amines is 1. The summed E-state index contributed by atoms with van der Waals surface area (Å²) >= 11 is 3.36. The second-order valence-electron chi connectivity index (χ2n) is 6.34. The van der Waals surface area contributed by atoms with E-state index in [1.54, 1.807) is 32.1 Å². The molecule has 28 heavy (non-hydrogen) atoms. The summed E-state index contributed by atoms with van der Waals surface area (Å²) in [5.41, 5.74) is 2.64. The summed E-state index contributed by atoms with van der Waals surface area (Å²) in [4.78, 5) is 39.4. The van der Waals surface area contributed by atoms with Gasteiger partial charge in [-0.15, -0.1) is 0 Å². The van der Waals surface area contributed by atoms with Crippen molar-refractivity contribution in [3.05, 3.63) is 56.8 Å². The number of ether oxygens (including phenoxy) is 2. The van der Waals surface area contributed by atoms with Gasteiger partial charge in [0.15, 0.2) is 11.9 Å². The molecule has 1 N–H and O–H groups in total. The number of aryl methyl sites for hydroxylation is 1. The molecule has 1 aromatic heterocycles. The zero-order valence-electron chi connectivity index (χ0n) is 16.4. The average Bonchev–Trinajstić information content (AvgIpc) is 2.93. The molecule has 0 spiro atoms. The lowest BCUT2D eigenvalue weighted by Crippen LogP contribution is -2.24. The van der Waals surface area contributed by atoms with E-state index in [-0.39, 0.29) is 11.5 Å². The minimum absolute atomic E-state index is 0.124. The van der Waals surface area contributed by atoms with Crippen molar-refractivity contribution in [3.8, 4) is 5.75 Å². The summed E-state index contributed by atoms with van der Waals surface area (Å²) in [5, 5.41) is 0. The Kier molecular flexibility index (Phi) is 6.96. The van der Waals surface area contributed by atoms with E-state index in [4.69, 9.17) is 9.47 Å². The van der Waals surface area contributed by atoms with Crippen molar-refractivity contribution < 1.29 is 23.9 Å². The monoisotopic (exact) mass is 447 g/mol. The van der Waals surface area contributed by atoms with E-state index in [0.717, 1.165) is 4.47 Å². The van der Waals surface area contributed by atoms with Crippen LogP contribution in [0.2, 0.25) is 0 Å². The van der Waals surface area contributed by atoms with Gasteiger partial charge in [0.05, 0.1) is 12.8 Å². The van der Waals surface area contributed by atoms with Gasteiger partial charge in [-0.25, -0.2) is 4.79 Å². The van der Waals surface area contributed by atoms with Gasteiger partial charge in [-0.3, -0.25) is 9.59 Å². The molecule has 1 aromatic carbocycles. The first-order valence-corrected chi connectivity index (χ1v) is 9.41. The number of benzene rings is 1. The van der Waals surface area contributed by atoms with Crippen molar-refractivity contribution in [2.45, 2.75) is 33.8 Å². The maximum absolute atomic E-state index is 12.6. The van der Waals surface area contributed by atoms with E-state index in [1.807, 2.05) is 6.07 Å². The first-order valence-electron chi connectivity index (χ1n) is 8.62. The van der Waals surface area contributed by atoms with Crippen molar-refractivity contribution in [2.75, 3.05) is 7.11 Å². The summed E-state index contributed by atoms with van der Waals surface area (Å²) in [6.07, 6.45) is 1.79. The maximum Gasteiger partial charge on any atom is 0.331 e. The second-order valence-corrected chi connectivity index (χ2v) is 7.26. The Hall–Kier alpha value is -2.67. The highest BCUT2D eigenvalue weighted by molar-refractivity contribution is 9.10. The van der Waals surface area contributed by atoms with Crippen LogP contribution in [0.15, 0.2) is 28.7 Å². The number of ketones is 2. The molecule has 148 valence electrons. The quantitative estimate of drug-likeness (QED) is 0.385. The van der Waals surface area contributed by atoms with Crippen molar-refractivity contribution >= 4 is 39.5 Å². The Morgan fingerprint density at radius 3 is 2.46 bits per heavy atom. The number of carbonyl (C=O) groups is 3. The third kappa shape index (κ3) is 4.78. The molecule has 1 heterocycles. The van der Waals surface area contributed by atoms with E-state index in [1.165, 1.54) is 27.0 Å². The van der Waals surface area contributed by atoms with Gasteiger partial charge in [0, 0.05) is 27.4 Å². The third-order valence-electron chi connectivity index (χ3n) is 4.29. The summed E-state index contributed by atoms with van der Waals surface area (Å²) in [7, 11) is 1.54. The standard InChI is InChI=1S/C21H22BrNO5/c1-11-19(13(3)24)12(2)23-20(11)21(26)14(4)28-18(25)9-6-15-10-16(22)7-8-17(15)27-5/h6-10,14,23H,1-5H3/b9-6+. The highest BCUT2D eigenvalue weighted by Gasteiger charge is 2.25. The van der Waals surface area contributed by atoms with E-state index < -0.39 is 17.9 Å². The first-order chi connectivity index (χ1) is 13.1. The molecule has 0 bridgehead atoms. The Morgan fingerprint density at radius 1 is 1.21 bits per heavy atom. The molecule has 6 nitrogen and oxygen atoms in total. The molecular formula is C21H22BrNO5. The van der Waals surface area contributed by atoms with Crippen molar-refractivity contribution in [2.24, 2.45) is 0 Å². The van der Waals surface area contributed by atoms with Gasteiger partial charge in [-0.2, -0.15) is 0 Å². The molecule has 1 unspecified atom stereocenters. The molecule has 0 aliphatic heterocycles. The predicted octanol–water partition coefficient (Wildman–Crippen LogP) is 4.43. The summed E-state index contributed by atoms with van der Waals surface area (Å²) in [6.45, 7) is 6.37. The lowest BCUT2D eigenvalue weighted by atomic mass is 10.0. The molecule has 7 heteroatoms. The number of methoxy groups -OCH3 is 1. The Labute approximate surface area is 172 Å². The van der Waals surface area contributed by atoms with Crippen LogP contribution in [0.1, 0.15) is 51.5 Å². The van der Waals surface area contributed by atoms with Crippen molar-refractivity contribution in [3.63, 3.8) is 0 Å². The molecule has 0 aliphatic carbocycles. The van der Waals surface area contributed by atoms with Gasteiger partial charge in [0.1, 0.15) is 5.75 Å². The molecule has 2 aromatic rings. The molecule has 0 amide bonds. The molecule has 0 aliphatic rings. The van der Waals surface area contributed by atoms with Crippen LogP contribution in [0, 0.1) is 13.8 Å². The van der Waals surface area contributed by atoms with Gasteiger partial charge < -0.3 is 14.5 Å². The van der Waals surface area contributed by atoms with Crippen molar-refractivity contribution in [1.82, 2.24) is 4.98 Å². The van der Waals surface area contributed by atoms with Crippen LogP contribution in [0.5, 0.6) is 5.75 Å². The number of Topliss-reactive ketones (excluding diaryl/α,β-unsaturated/α-hetero) is 2. The Bertz CT molecular complexity index is 958. The highest BCUT2D eigenvalue weighted by Crippen LogP contribution is 2.24. The largest absolute Gasteiger partial charge is 0.496 e. The Balaban J connectivity index is 2.13. The Morgan fingerprint density at radius 2 is 1.89 bits per heavy atom. The fourth-order valence-corrected chi connectivity index (χ4v) is 3.37. The topological polar surface area (TPSA) is 85.5 Å². The summed E-state index contributed by atoms with van der Waals surface area (Å²) in [6, 6.07) is 5.39. The molecule has 0 saturated carbocycles. The fraction of sp³-hybridized carbons (Fsp3) is 0.286. The SMILES string of the molecule is COc1ccc(Br)cc1/C=C/C(=O)OC(C)C(=O)c1[nH]c(C)c(C(C)=O)c1C. The number of hydrogen-bond donors (Lipinski definition) is 1. The van der Waals surface area contributed by atoms with Gasteiger partial charge in [0.2, 0.25) is 5.78 Å². The van der Waals surface area contributed by atoms with Gasteiger partial charge in [-0.1, -0.05) is 15.9 Å². The van der Waals surface area contributed by atoms with Crippen LogP contribution < -0.4 is 4.74 Å². The van der Waals surface area contributed by atoms with Crippen LogP contribution >= 0.6 is 15.9 Å². The molecule has 0 fully saturated rings. The fourth-order valence-electron chi connectivity index (χ4n) is 2.99. The number of carbonyl (C=O) groups excluding carboxylic acids is 3. The van der Waals surface area contributed by atoms with Crippen LogP contribution in [0.3, 0.4) is 0 Å².